The zero-order valence-corrected chi connectivity index (χ0v) is 9.95. The number of esters is 2. The minimum Gasteiger partial charge on any atom is -0.393 e. The third-order valence-corrected chi connectivity index (χ3v) is 3.65. The fraction of sp³-hybridized carbons (Fsp3) is 0.833. The van der Waals surface area contributed by atoms with Gasteiger partial charge < -0.3 is 4.74 Å². The van der Waals surface area contributed by atoms with Gasteiger partial charge in [0.15, 0.2) is 0 Å². The van der Waals surface area contributed by atoms with E-state index >= 15 is 0 Å². The largest absolute Gasteiger partial charge is 0.393 e. The smallest absolute Gasteiger partial charge is 0.317 e. The molecule has 1 aliphatic rings. The van der Waals surface area contributed by atoms with Gasteiger partial charge in [0, 0.05) is 0 Å². The number of hydrogen-bond donors (Lipinski definition) is 0. The van der Waals surface area contributed by atoms with Crippen molar-refractivity contribution in [3.05, 3.63) is 0 Å². The van der Waals surface area contributed by atoms with Crippen LogP contribution in [-0.2, 0) is 14.3 Å². The van der Waals surface area contributed by atoms with Crippen LogP contribution < -0.4 is 0 Å². The van der Waals surface area contributed by atoms with Crippen molar-refractivity contribution in [2.24, 2.45) is 23.7 Å². The van der Waals surface area contributed by atoms with Crippen LogP contribution in [0.3, 0.4) is 0 Å². The molecule has 0 saturated carbocycles. The van der Waals surface area contributed by atoms with Gasteiger partial charge in [0.05, 0.1) is 11.8 Å². The van der Waals surface area contributed by atoms with Crippen molar-refractivity contribution in [3.8, 4) is 0 Å². The van der Waals surface area contributed by atoms with Gasteiger partial charge in [-0.2, -0.15) is 0 Å². The molecule has 3 heteroatoms. The Morgan fingerprint density at radius 3 is 1.60 bits per heavy atom. The van der Waals surface area contributed by atoms with E-state index in [1.165, 1.54) is 0 Å². The zero-order chi connectivity index (χ0) is 11.6. The number of carbonyl (C=O) groups excluding carboxylic acids is 2. The molecule has 4 unspecified atom stereocenters. The van der Waals surface area contributed by atoms with Crippen LogP contribution in [0.25, 0.3) is 0 Å². The van der Waals surface area contributed by atoms with Gasteiger partial charge in [-0.15, -0.1) is 0 Å². The molecule has 15 heavy (non-hydrogen) atoms. The molecule has 1 heterocycles. The highest BCUT2D eigenvalue weighted by molar-refractivity contribution is 5.96. The first kappa shape index (κ1) is 12.2. The van der Waals surface area contributed by atoms with Gasteiger partial charge in [-0.05, 0) is 11.8 Å². The highest BCUT2D eigenvalue weighted by Crippen LogP contribution is 2.37. The summed E-state index contributed by atoms with van der Waals surface area (Å²) in [6.07, 6.45) is 1.81. The van der Waals surface area contributed by atoms with Crippen molar-refractivity contribution >= 4 is 11.9 Å². The standard InChI is InChI=1S/C12H20O3/c1-5-7(3)9-10(8(4)6-2)12(14)15-11(9)13/h7-10H,5-6H2,1-4H3. The molecule has 1 saturated heterocycles. The second kappa shape index (κ2) is 4.77. The SMILES string of the molecule is CCC(C)C1C(=O)OC(=O)C1C(C)CC. The third kappa shape index (κ3) is 2.21. The molecule has 0 radical (unpaired) electrons. The van der Waals surface area contributed by atoms with Gasteiger partial charge in [0.1, 0.15) is 0 Å². The summed E-state index contributed by atoms with van der Waals surface area (Å²) in [5.74, 6) is -0.639. The van der Waals surface area contributed by atoms with E-state index < -0.39 is 0 Å². The Morgan fingerprint density at radius 1 is 1.00 bits per heavy atom. The number of carbonyl (C=O) groups is 2. The summed E-state index contributed by atoms with van der Waals surface area (Å²) in [7, 11) is 0. The lowest BCUT2D eigenvalue weighted by molar-refractivity contribution is -0.154. The van der Waals surface area contributed by atoms with Crippen LogP contribution in [0.5, 0.6) is 0 Å². The van der Waals surface area contributed by atoms with Crippen molar-refractivity contribution in [1.82, 2.24) is 0 Å². The van der Waals surface area contributed by atoms with E-state index in [-0.39, 0.29) is 35.6 Å². The minimum absolute atomic E-state index is 0.225. The highest BCUT2D eigenvalue weighted by Gasteiger charge is 2.48. The lowest BCUT2D eigenvalue weighted by Crippen LogP contribution is -2.29. The average Bonchev–Trinajstić information content (AvgIpc) is 2.51. The molecule has 0 spiro atoms. The van der Waals surface area contributed by atoms with E-state index in [9.17, 15) is 9.59 Å². The van der Waals surface area contributed by atoms with Gasteiger partial charge in [-0.1, -0.05) is 40.5 Å². The maximum Gasteiger partial charge on any atom is 0.317 e. The Kier molecular flexibility index (Phi) is 3.89. The van der Waals surface area contributed by atoms with Crippen molar-refractivity contribution in [1.29, 1.82) is 0 Å². The predicted molar refractivity (Wildman–Crippen MR) is 57.0 cm³/mol. The van der Waals surface area contributed by atoms with Crippen LogP contribution in [0, 0.1) is 23.7 Å². The number of rotatable bonds is 4. The summed E-state index contributed by atoms with van der Waals surface area (Å²) in [5, 5.41) is 0. The fourth-order valence-electron chi connectivity index (χ4n) is 2.21. The first-order valence-electron chi connectivity index (χ1n) is 5.78. The summed E-state index contributed by atoms with van der Waals surface area (Å²) in [6.45, 7) is 8.10. The number of hydrogen-bond acceptors (Lipinski definition) is 3. The van der Waals surface area contributed by atoms with Crippen molar-refractivity contribution < 1.29 is 14.3 Å². The van der Waals surface area contributed by atoms with Gasteiger partial charge in [0.25, 0.3) is 0 Å². The fourth-order valence-corrected chi connectivity index (χ4v) is 2.21. The Balaban J connectivity index is 2.89. The lowest BCUT2D eigenvalue weighted by atomic mass is 9.76. The van der Waals surface area contributed by atoms with Crippen LogP contribution >= 0.6 is 0 Å². The number of ether oxygens (including phenoxy) is 1. The normalized spacial score (nSPS) is 30.1. The van der Waals surface area contributed by atoms with Gasteiger partial charge >= 0.3 is 11.9 Å². The summed E-state index contributed by atoms with van der Waals surface area (Å²) >= 11 is 0. The molecule has 0 aliphatic carbocycles. The maximum atomic E-state index is 11.6. The molecule has 3 nitrogen and oxygen atoms in total. The van der Waals surface area contributed by atoms with Crippen molar-refractivity contribution in [2.75, 3.05) is 0 Å². The summed E-state index contributed by atoms with van der Waals surface area (Å²) in [6, 6.07) is 0. The first-order valence-corrected chi connectivity index (χ1v) is 5.78. The second-order valence-corrected chi connectivity index (χ2v) is 4.56. The van der Waals surface area contributed by atoms with Crippen LogP contribution in [0.15, 0.2) is 0 Å². The van der Waals surface area contributed by atoms with E-state index in [4.69, 9.17) is 4.74 Å². The topological polar surface area (TPSA) is 43.4 Å². The van der Waals surface area contributed by atoms with Crippen LogP contribution in [0.2, 0.25) is 0 Å². The molecule has 86 valence electrons. The van der Waals surface area contributed by atoms with Crippen molar-refractivity contribution in [2.45, 2.75) is 40.5 Å². The maximum absolute atomic E-state index is 11.6. The molecule has 1 rings (SSSR count). The molecule has 4 atom stereocenters. The molecule has 1 aliphatic heterocycles. The lowest BCUT2D eigenvalue weighted by Gasteiger charge is -2.23. The van der Waals surface area contributed by atoms with Crippen LogP contribution in [0.1, 0.15) is 40.5 Å². The molecule has 0 N–H and O–H groups in total. The average molecular weight is 212 g/mol. The van der Waals surface area contributed by atoms with Crippen LogP contribution in [0.4, 0.5) is 0 Å². The molecule has 0 aromatic rings. The Morgan fingerprint density at radius 2 is 1.33 bits per heavy atom. The molecule has 0 amide bonds. The molecule has 0 bridgehead atoms. The highest BCUT2D eigenvalue weighted by atomic mass is 16.6. The summed E-state index contributed by atoms with van der Waals surface area (Å²) in [4.78, 5) is 23.1. The zero-order valence-electron chi connectivity index (χ0n) is 9.95. The monoisotopic (exact) mass is 212 g/mol. The van der Waals surface area contributed by atoms with Gasteiger partial charge in [-0.25, -0.2) is 0 Å². The molecular formula is C12H20O3. The molecule has 0 aromatic heterocycles. The third-order valence-electron chi connectivity index (χ3n) is 3.65. The predicted octanol–water partition coefficient (Wildman–Crippen LogP) is 2.39. The van der Waals surface area contributed by atoms with E-state index in [0.29, 0.717) is 0 Å². The van der Waals surface area contributed by atoms with Crippen molar-refractivity contribution in [3.63, 3.8) is 0 Å². The first-order chi connectivity index (χ1) is 7.02. The second-order valence-electron chi connectivity index (χ2n) is 4.56. The van der Waals surface area contributed by atoms with Gasteiger partial charge in [-0.3, -0.25) is 9.59 Å². The molecule has 1 fully saturated rings. The van der Waals surface area contributed by atoms with E-state index in [2.05, 4.69) is 0 Å². The van der Waals surface area contributed by atoms with E-state index in [1.54, 1.807) is 0 Å². The van der Waals surface area contributed by atoms with Gasteiger partial charge in [0.2, 0.25) is 0 Å². The quantitative estimate of drug-likeness (QED) is 0.531. The number of cyclic esters (lactones) is 2. The van der Waals surface area contributed by atoms with E-state index in [0.717, 1.165) is 12.8 Å². The Labute approximate surface area is 91.2 Å². The molecule has 0 aromatic carbocycles. The Hall–Kier alpha value is -0.860. The summed E-state index contributed by atoms with van der Waals surface area (Å²) in [5.41, 5.74) is 0. The minimum atomic E-state index is -0.320. The summed E-state index contributed by atoms with van der Waals surface area (Å²) < 4.78 is 4.75. The van der Waals surface area contributed by atoms with Crippen LogP contribution in [-0.4, -0.2) is 11.9 Å². The molecular weight excluding hydrogens is 192 g/mol. The Bertz CT molecular complexity index is 234. The van der Waals surface area contributed by atoms with E-state index in [1.807, 2.05) is 27.7 Å².